The molecule has 4 rings (SSSR count). The quantitative estimate of drug-likeness (QED) is 0.724. The van der Waals surface area contributed by atoms with Crippen LogP contribution in [0, 0.1) is 6.92 Å². The highest BCUT2D eigenvalue weighted by Gasteiger charge is 2.21. The lowest BCUT2D eigenvalue weighted by Gasteiger charge is -2.26. The van der Waals surface area contributed by atoms with Crippen molar-refractivity contribution in [2.75, 3.05) is 20.1 Å². The zero-order valence-corrected chi connectivity index (χ0v) is 16.2. The highest BCUT2D eigenvalue weighted by Crippen LogP contribution is 2.33. The number of aromatic amines is 1. The summed E-state index contributed by atoms with van der Waals surface area (Å²) in [6, 6.07) is 5.72. The molecule has 1 aliphatic rings. The average Bonchev–Trinajstić information content (AvgIpc) is 3.34. The molecule has 0 bridgehead atoms. The van der Waals surface area contributed by atoms with Crippen LogP contribution in [-0.2, 0) is 13.1 Å². The molecule has 4 heterocycles. The molecular formula is C20H25N3O2S. The van der Waals surface area contributed by atoms with Gasteiger partial charge in [0.05, 0.1) is 23.0 Å². The molecular weight excluding hydrogens is 346 g/mol. The number of amides is 1. The summed E-state index contributed by atoms with van der Waals surface area (Å²) in [6.45, 7) is 5.98. The van der Waals surface area contributed by atoms with Gasteiger partial charge in [-0.05, 0) is 51.1 Å². The summed E-state index contributed by atoms with van der Waals surface area (Å²) >= 11 is 1.78. The van der Waals surface area contributed by atoms with Crippen LogP contribution >= 0.6 is 11.3 Å². The number of rotatable bonds is 5. The Bertz CT molecular complexity index is 888. The zero-order valence-electron chi connectivity index (χ0n) is 15.4. The van der Waals surface area contributed by atoms with Crippen LogP contribution in [0.15, 0.2) is 28.9 Å². The first-order valence-corrected chi connectivity index (χ1v) is 10.0. The lowest BCUT2D eigenvalue weighted by atomic mass is 10.1. The number of nitrogens with one attached hydrogen (secondary N) is 1. The fourth-order valence-electron chi connectivity index (χ4n) is 3.70. The number of H-pyrrole nitrogens is 1. The predicted octanol–water partition coefficient (Wildman–Crippen LogP) is 4.39. The van der Waals surface area contributed by atoms with Gasteiger partial charge in [-0.1, -0.05) is 6.42 Å². The van der Waals surface area contributed by atoms with Crippen LogP contribution in [-0.4, -0.2) is 40.8 Å². The minimum Gasteiger partial charge on any atom is -0.467 e. The number of furan rings is 1. The number of hydrogen-bond acceptors (Lipinski definition) is 4. The molecule has 0 aromatic carbocycles. The molecule has 3 aromatic rings. The van der Waals surface area contributed by atoms with Crippen LogP contribution < -0.4 is 0 Å². The molecule has 1 fully saturated rings. The molecule has 6 heteroatoms. The molecule has 0 atom stereocenters. The smallest absolute Gasteiger partial charge is 0.270 e. The van der Waals surface area contributed by atoms with Gasteiger partial charge in [0.1, 0.15) is 11.5 Å². The molecule has 5 nitrogen and oxygen atoms in total. The van der Waals surface area contributed by atoms with Gasteiger partial charge in [-0.3, -0.25) is 9.69 Å². The van der Waals surface area contributed by atoms with Gasteiger partial charge in [0, 0.05) is 24.0 Å². The van der Waals surface area contributed by atoms with Crippen molar-refractivity contribution >= 4 is 27.5 Å². The Kier molecular flexibility index (Phi) is 4.87. The SMILES string of the molecule is Cc1sc2cc(C(=O)N(C)Cc3ccco3)[nH]c2c1CN1CCCCC1. The number of likely N-dealkylation sites (tertiary alicyclic amines) is 1. The van der Waals surface area contributed by atoms with Gasteiger partial charge in [0.15, 0.2) is 0 Å². The molecule has 1 aliphatic heterocycles. The van der Waals surface area contributed by atoms with Crippen LogP contribution in [0.2, 0.25) is 0 Å². The molecule has 0 spiro atoms. The van der Waals surface area contributed by atoms with Gasteiger partial charge in [0.25, 0.3) is 5.91 Å². The summed E-state index contributed by atoms with van der Waals surface area (Å²) in [5, 5.41) is 0. The van der Waals surface area contributed by atoms with Crippen molar-refractivity contribution in [3.8, 4) is 0 Å². The molecule has 1 saturated heterocycles. The number of carbonyl (C=O) groups is 1. The van der Waals surface area contributed by atoms with E-state index in [1.807, 2.05) is 18.2 Å². The van der Waals surface area contributed by atoms with Crippen molar-refractivity contribution in [2.24, 2.45) is 0 Å². The number of piperidine rings is 1. The van der Waals surface area contributed by atoms with Crippen LogP contribution in [0.1, 0.15) is 46.0 Å². The van der Waals surface area contributed by atoms with Gasteiger partial charge >= 0.3 is 0 Å². The van der Waals surface area contributed by atoms with Crippen LogP contribution in [0.3, 0.4) is 0 Å². The summed E-state index contributed by atoms with van der Waals surface area (Å²) in [6.07, 6.45) is 5.56. The number of nitrogens with zero attached hydrogens (tertiary/aromatic N) is 2. The second-order valence-corrected chi connectivity index (χ2v) is 8.39. The monoisotopic (exact) mass is 371 g/mol. The fourth-order valence-corrected chi connectivity index (χ4v) is 4.78. The zero-order chi connectivity index (χ0) is 18.1. The fraction of sp³-hybridized carbons (Fsp3) is 0.450. The first kappa shape index (κ1) is 17.4. The Morgan fingerprint density at radius 3 is 2.88 bits per heavy atom. The second kappa shape index (κ2) is 7.29. The number of hydrogen-bond donors (Lipinski definition) is 1. The van der Waals surface area contributed by atoms with Crippen LogP contribution in [0.4, 0.5) is 0 Å². The Morgan fingerprint density at radius 2 is 2.15 bits per heavy atom. The first-order valence-electron chi connectivity index (χ1n) is 9.23. The molecule has 0 radical (unpaired) electrons. The third kappa shape index (κ3) is 3.44. The largest absolute Gasteiger partial charge is 0.467 e. The van der Waals surface area contributed by atoms with E-state index in [1.165, 1.54) is 47.5 Å². The van der Waals surface area contributed by atoms with Crippen molar-refractivity contribution in [3.63, 3.8) is 0 Å². The Hall–Kier alpha value is -2.05. The summed E-state index contributed by atoms with van der Waals surface area (Å²) in [7, 11) is 1.81. The number of carbonyl (C=O) groups excluding carboxylic acids is 1. The average molecular weight is 372 g/mol. The Balaban J connectivity index is 1.54. The molecule has 0 aliphatic carbocycles. The van der Waals surface area contributed by atoms with Crippen molar-refractivity contribution in [3.05, 3.63) is 46.4 Å². The molecule has 0 saturated carbocycles. The van der Waals surface area contributed by atoms with Gasteiger partial charge in [-0.2, -0.15) is 0 Å². The molecule has 1 amide bonds. The number of aryl methyl sites for hydroxylation is 1. The molecule has 1 N–H and O–H groups in total. The van der Waals surface area contributed by atoms with Gasteiger partial charge in [0.2, 0.25) is 0 Å². The van der Waals surface area contributed by atoms with E-state index in [9.17, 15) is 4.79 Å². The van der Waals surface area contributed by atoms with E-state index in [0.29, 0.717) is 12.2 Å². The van der Waals surface area contributed by atoms with E-state index in [-0.39, 0.29) is 5.91 Å². The first-order chi connectivity index (χ1) is 12.6. The maximum absolute atomic E-state index is 12.8. The third-order valence-electron chi connectivity index (χ3n) is 5.15. The second-order valence-electron chi connectivity index (χ2n) is 7.14. The minimum atomic E-state index is -0.00799. The maximum Gasteiger partial charge on any atom is 0.270 e. The van der Waals surface area contributed by atoms with Crippen molar-refractivity contribution in [1.82, 2.24) is 14.8 Å². The predicted molar refractivity (Wildman–Crippen MR) is 105 cm³/mol. The summed E-state index contributed by atoms with van der Waals surface area (Å²) in [5.41, 5.74) is 3.13. The Labute approximate surface area is 157 Å². The molecule has 138 valence electrons. The standard InChI is InChI=1S/C20H25N3O2S/c1-14-16(13-23-8-4-3-5-9-23)19-18(26-14)11-17(21-19)20(24)22(2)12-15-7-6-10-25-15/h6-7,10-11,21H,3-5,8-9,12-13H2,1-2H3. The van der Waals surface area contributed by atoms with E-state index in [4.69, 9.17) is 4.42 Å². The van der Waals surface area contributed by atoms with E-state index < -0.39 is 0 Å². The number of fused-ring (bicyclic) bond motifs is 1. The molecule has 0 unspecified atom stereocenters. The Morgan fingerprint density at radius 1 is 1.35 bits per heavy atom. The van der Waals surface area contributed by atoms with Crippen molar-refractivity contribution < 1.29 is 9.21 Å². The van der Waals surface area contributed by atoms with E-state index in [1.54, 1.807) is 29.5 Å². The summed E-state index contributed by atoms with van der Waals surface area (Å²) in [4.78, 5) is 21.7. The van der Waals surface area contributed by atoms with E-state index in [0.717, 1.165) is 17.8 Å². The maximum atomic E-state index is 12.8. The van der Waals surface area contributed by atoms with Crippen LogP contribution in [0.25, 0.3) is 10.2 Å². The van der Waals surface area contributed by atoms with Gasteiger partial charge in [-0.25, -0.2) is 0 Å². The van der Waals surface area contributed by atoms with E-state index >= 15 is 0 Å². The van der Waals surface area contributed by atoms with E-state index in [2.05, 4.69) is 16.8 Å². The van der Waals surface area contributed by atoms with Gasteiger partial charge in [-0.15, -0.1) is 11.3 Å². The molecule has 26 heavy (non-hydrogen) atoms. The number of thiophene rings is 1. The van der Waals surface area contributed by atoms with Gasteiger partial charge < -0.3 is 14.3 Å². The molecule has 3 aromatic heterocycles. The van der Waals surface area contributed by atoms with Crippen molar-refractivity contribution in [2.45, 2.75) is 39.3 Å². The number of aromatic nitrogens is 1. The topological polar surface area (TPSA) is 52.5 Å². The lowest BCUT2D eigenvalue weighted by molar-refractivity contribution is 0.0770. The third-order valence-corrected chi connectivity index (χ3v) is 6.25. The normalized spacial score (nSPS) is 15.6. The highest BCUT2D eigenvalue weighted by molar-refractivity contribution is 7.19. The van der Waals surface area contributed by atoms with Crippen LogP contribution in [0.5, 0.6) is 0 Å². The summed E-state index contributed by atoms with van der Waals surface area (Å²) in [5.74, 6) is 0.780. The minimum absolute atomic E-state index is 0.00799. The summed E-state index contributed by atoms with van der Waals surface area (Å²) < 4.78 is 6.52. The van der Waals surface area contributed by atoms with Crippen molar-refractivity contribution in [1.29, 1.82) is 0 Å². The lowest BCUT2D eigenvalue weighted by Crippen LogP contribution is -2.29. The highest BCUT2D eigenvalue weighted by atomic mass is 32.1.